The molecule has 144 valence electrons. The Morgan fingerprint density at radius 3 is 2.54 bits per heavy atom. The fourth-order valence-electron chi connectivity index (χ4n) is 3.07. The normalized spacial score (nSPS) is 10.5. The van der Waals surface area contributed by atoms with Crippen LogP contribution in [0.5, 0.6) is 0 Å². The van der Waals surface area contributed by atoms with Gasteiger partial charge >= 0.3 is 0 Å². The number of nitrogens with zero attached hydrogens (tertiary/aromatic N) is 2. The summed E-state index contributed by atoms with van der Waals surface area (Å²) in [5.74, 6) is 0.432. The van der Waals surface area contributed by atoms with Crippen molar-refractivity contribution >= 4 is 17.4 Å². The minimum Gasteiger partial charge on any atom is -0.369 e. The van der Waals surface area contributed by atoms with Crippen LogP contribution < -0.4 is 10.6 Å². The molecule has 5 heteroatoms. The molecule has 1 amide bonds. The molecule has 0 unspecified atom stereocenters. The maximum atomic E-state index is 12.5. The number of aromatic nitrogens is 2. The van der Waals surface area contributed by atoms with Gasteiger partial charge in [-0.2, -0.15) is 0 Å². The van der Waals surface area contributed by atoms with E-state index in [1.54, 1.807) is 6.20 Å². The summed E-state index contributed by atoms with van der Waals surface area (Å²) in [6, 6.07) is 16.4. The molecule has 0 aliphatic rings. The van der Waals surface area contributed by atoms with Crippen molar-refractivity contribution < 1.29 is 4.79 Å². The maximum absolute atomic E-state index is 12.5. The smallest absolute Gasteiger partial charge is 0.275 e. The minimum absolute atomic E-state index is 0.243. The van der Waals surface area contributed by atoms with Crippen molar-refractivity contribution in [3.8, 4) is 0 Å². The minimum atomic E-state index is -0.243. The zero-order valence-corrected chi connectivity index (χ0v) is 16.4. The number of anilines is 2. The molecule has 0 saturated carbocycles. The summed E-state index contributed by atoms with van der Waals surface area (Å²) in [6.45, 7) is 4.86. The van der Waals surface area contributed by atoms with Crippen molar-refractivity contribution in [1.29, 1.82) is 0 Å². The van der Waals surface area contributed by atoms with Crippen LogP contribution in [0.25, 0.3) is 0 Å². The fraction of sp³-hybridized carbons (Fsp3) is 0.261. The van der Waals surface area contributed by atoms with Gasteiger partial charge in [0, 0.05) is 12.2 Å². The molecule has 28 heavy (non-hydrogen) atoms. The van der Waals surface area contributed by atoms with Crippen LogP contribution >= 0.6 is 0 Å². The second kappa shape index (κ2) is 9.65. The summed E-state index contributed by atoms with van der Waals surface area (Å²) in [7, 11) is 0. The monoisotopic (exact) mass is 374 g/mol. The lowest BCUT2D eigenvalue weighted by atomic mass is 10.1. The number of amides is 1. The standard InChI is InChI=1S/C23H26N4O/c1-3-19-13-7-9-17(2)22(19)27-23(28)20-15-26-21(16-25-20)24-14-8-12-18-10-5-4-6-11-18/h4-7,9-11,13,15-16H,3,8,12,14H2,1-2H3,(H,24,26)(H,27,28). The van der Waals surface area contributed by atoms with E-state index in [9.17, 15) is 4.79 Å². The van der Waals surface area contributed by atoms with E-state index < -0.39 is 0 Å². The Hall–Kier alpha value is -3.21. The van der Waals surface area contributed by atoms with Crippen molar-refractivity contribution in [2.75, 3.05) is 17.2 Å². The predicted molar refractivity (Wildman–Crippen MR) is 114 cm³/mol. The highest BCUT2D eigenvalue weighted by Gasteiger charge is 2.12. The number of hydrogen-bond donors (Lipinski definition) is 2. The Kier molecular flexibility index (Phi) is 6.73. The summed E-state index contributed by atoms with van der Waals surface area (Å²) in [6.07, 6.45) is 5.99. The first-order chi connectivity index (χ1) is 13.7. The van der Waals surface area contributed by atoms with Crippen LogP contribution in [0.3, 0.4) is 0 Å². The molecule has 0 atom stereocenters. The van der Waals surface area contributed by atoms with Crippen molar-refractivity contribution in [1.82, 2.24) is 9.97 Å². The fourth-order valence-corrected chi connectivity index (χ4v) is 3.07. The zero-order chi connectivity index (χ0) is 19.8. The van der Waals surface area contributed by atoms with E-state index in [1.807, 2.05) is 31.2 Å². The molecule has 0 spiro atoms. The molecule has 1 aromatic heterocycles. The third kappa shape index (κ3) is 5.16. The van der Waals surface area contributed by atoms with Gasteiger partial charge in [0.15, 0.2) is 0 Å². The van der Waals surface area contributed by atoms with Crippen LogP contribution in [0.4, 0.5) is 11.5 Å². The predicted octanol–water partition coefficient (Wildman–Crippen LogP) is 4.64. The first-order valence-electron chi connectivity index (χ1n) is 9.67. The average molecular weight is 374 g/mol. The topological polar surface area (TPSA) is 66.9 Å². The van der Waals surface area contributed by atoms with Gasteiger partial charge in [-0.15, -0.1) is 0 Å². The van der Waals surface area contributed by atoms with Gasteiger partial charge in [0.2, 0.25) is 0 Å². The number of benzene rings is 2. The highest BCUT2D eigenvalue weighted by molar-refractivity contribution is 6.03. The molecule has 0 fully saturated rings. The molecule has 2 N–H and O–H groups in total. The van der Waals surface area contributed by atoms with E-state index >= 15 is 0 Å². The van der Waals surface area contributed by atoms with Gasteiger partial charge < -0.3 is 10.6 Å². The lowest BCUT2D eigenvalue weighted by Crippen LogP contribution is -2.16. The molecular formula is C23H26N4O. The van der Waals surface area contributed by atoms with Crippen LogP contribution in [0.2, 0.25) is 0 Å². The quantitative estimate of drug-likeness (QED) is 0.564. The Labute approximate surface area is 166 Å². The maximum Gasteiger partial charge on any atom is 0.275 e. The van der Waals surface area contributed by atoms with Gasteiger partial charge in [-0.1, -0.05) is 55.5 Å². The van der Waals surface area contributed by atoms with Gasteiger partial charge in [-0.3, -0.25) is 4.79 Å². The van der Waals surface area contributed by atoms with Gasteiger partial charge in [0.25, 0.3) is 5.91 Å². The number of para-hydroxylation sites is 1. The first kappa shape index (κ1) is 19.5. The van der Waals surface area contributed by atoms with E-state index in [4.69, 9.17) is 0 Å². The molecule has 2 aromatic carbocycles. The highest BCUT2D eigenvalue weighted by Crippen LogP contribution is 2.21. The summed E-state index contributed by atoms with van der Waals surface area (Å²) in [5.41, 5.74) is 4.64. The van der Waals surface area contributed by atoms with Crippen LogP contribution in [0, 0.1) is 6.92 Å². The third-order valence-corrected chi connectivity index (χ3v) is 4.65. The number of hydrogen-bond acceptors (Lipinski definition) is 4. The SMILES string of the molecule is CCc1cccc(C)c1NC(=O)c1cnc(NCCCc2ccccc2)cn1. The van der Waals surface area contributed by atoms with Crippen LogP contribution in [0.1, 0.15) is 40.5 Å². The summed E-state index contributed by atoms with van der Waals surface area (Å²) in [4.78, 5) is 21.1. The molecule has 0 bridgehead atoms. The largest absolute Gasteiger partial charge is 0.369 e. The van der Waals surface area contributed by atoms with E-state index in [0.29, 0.717) is 11.5 Å². The van der Waals surface area contributed by atoms with Crippen LogP contribution in [-0.2, 0) is 12.8 Å². The van der Waals surface area contributed by atoms with Crippen molar-refractivity contribution in [3.05, 3.63) is 83.3 Å². The number of rotatable bonds is 8. The van der Waals surface area contributed by atoms with Crippen LogP contribution in [0.15, 0.2) is 60.9 Å². The Morgan fingerprint density at radius 1 is 1.00 bits per heavy atom. The Bertz CT molecular complexity index is 908. The summed E-state index contributed by atoms with van der Waals surface area (Å²) >= 11 is 0. The summed E-state index contributed by atoms with van der Waals surface area (Å²) < 4.78 is 0. The molecule has 0 radical (unpaired) electrons. The van der Waals surface area contributed by atoms with Gasteiger partial charge in [-0.05, 0) is 42.9 Å². The number of aryl methyl sites for hydroxylation is 3. The molecule has 3 aromatic rings. The second-order valence-corrected chi connectivity index (χ2v) is 6.72. The lowest BCUT2D eigenvalue weighted by molar-refractivity contribution is 0.102. The van der Waals surface area contributed by atoms with Gasteiger partial charge in [0.1, 0.15) is 11.5 Å². The molecule has 3 rings (SSSR count). The Balaban J connectivity index is 1.53. The molecule has 0 aliphatic carbocycles. The first-order valence-corrected chi connectivity index (χ1v) is 9.67. The Morgan fingerprint density at radius 2 is 1.82 bits per heavy atom. The van der Waals surface area contributed by atoms with Crippen molar-refractivity contribution in [2.24, 2.45) is 0 Å². The zero-order valence-electron chi connectivity index (χ0n) is 16.4. The van der Waals surface area contributed by atoms with Crippen LogP contribution in [-0.4, -0.2) is 22.4 Å². The molecule has 1 heterocycles. The van der Waals surface area contributed by atoms with E-state index in [-0.39, 0.29) is 5.91 Å². The number of nitrogens with one attached hydrogen (secondary N) is 2. The second-order valence-electron chi connectivity index (χ2n) is 6.72. The molecule has 0 aliphatic heterocycles. The number of carbonyl (C=O) groups excluding carboxylic acids is 1. The molecular weight excluding hydrogens is 348 g/mol. The number of carbonyl (C=O) groups is 1. The lowest BCUT2D eigenvalue weighted by Gasteiger charge is -2.12. The summed E-state index contributed by atoms with van der Waals surface area (Å²) in [5, 5.41) is 6.23. The molecule has 0 saturated heterocycles. The van der Waals surface area contributed by atoms with Gasteiger partial charge in [0.05, 0.1) is 12.4 Å². The van der Waals surface area contributed by atoms with E-state index in [1.165, 1.54) is 11.8 Å². The highest BCUT2D eigenvalue weighted by atomic mass is 16.1. The van der Waals surface area contributed by atoms with Gasteiger partial charge in [-0.25, -0.2) is 9.97 Å². The third-order valence-electron chi connectivity index (χ3n) is 4.65. The van der Waals surface area contributed by atoms with Crippen molar-refractivity contribution in [3.63, 3.8) is 0 Å². The molecule has 5 nitrogen and oxygen atoms in total. The van der Waals surface area contributed by atoms with Crippen molar-refractivity contribution in [2.45, 2.75) is 33.1 Å². The van der Waals surface area contributed by atoms with E-state index in [2.05, 4.69) is 51.8 Å². The average Bonchev–Trinajstić information content (AvgIpc) is 2.74. The van der Waals surface area contributed by atoms with E-state index in [0.717, 1.165) is 42.6 Å².